The first kappa shape index (κ1) is 20.4. The number of nitrogens with zero attached hydrogens (tertiary/aromatic N) is 2. The fourth-order valence-corrected chi connectivity index (χ4v) is 3.50. The van der Waals surface area contributed by atoms with Gasteiger partial charge in [-0.05, 0) is 32.4 Å². The molecule has 0 fully saturated rings. The molecule has 0 spiro atoms. The van der Waals surface area contributed by atoms with Gasteiger partial charge in [-0.15, -0.1) is 0 Å². The number of H-pyrrole nitrogens is 1. The Morgan fingerprint density at radius 3 is 2.52 bits per heavy atom. The molecule has 0 bridgehead atoms. The van der Waals surface area contributed by atoms with Crippen LogP contribution >= 0.6 is 11.8 Å². The molecule has 1 atom stereocenters. The molecule has 0 aliphatic carbocycles. The normalized spacial score (nSPS) is 11.5. The molecule has 0 aliphatic rings. The van der Waals surface area contributed by atoms with E-state index in [0.717, 1.165) is 28.6 Å². The summed E-state index contributed by atoms with van der Waals surface area (Å²) in [6.07, 6.45) is 0. The number of aromatic nitrogens is 2. The summed E-state index contributed by atoms with van der Waals surface area (Å²) in [5.41, 5.74) is 3.19. The van der Waals surface area contributed by atoms with Crippen LogP contribution in [0.15, 0.2) is 58.5 Å². The van der Waals surface area contributed by atoms with Crippen LogP contribution in [-0.4, -0.2) is 21.1 Å². The number of amides is 1. The van der Waals surface area contributed by atoms with Gasteiger partial charge in [0.1, 0.15) is 11.6 Å². The molecule has 1 heterocycles. The van der Waals surface area contributed by atoms with Crippen molar-refractivity contribution in [1.82, 2.24) is 9.97 Å². The van der Waals surface area contributed by atoms with Crippen LogP contribution in [0, 0.1) is 25.2 Å². The Morgan fingerprint density at radius 2 is 1.86 bits per heavy atom. The predicted octanol–water partition coefficient (Wildman–Crippen LogP) is 4.04. The minimum absolute atomic E-state index is 0.0461. The van der Waals surface area contributed by atoms with Crippen molar-refractivity contribution >= 4 is 23.4 Å². The number of carbonyl (C=O) groups excluding carboxylic acids is 1. The van der Waals surface area contributed by atoms with E-state index in [1.807, 2.05) is 68.4 Å². The van der Waals surface area contributed by atoms with Crippen molar-refractivity contribution < 1.29 is 4.79 Å². The van der Waals surface area contributed by atoms with Crippen LogP contribution in [0.3, 0.4) is 0 Å². The van der Waals surface area contributed by atoms with Crippen LogP contribution in [0.25, 0.3) is 11.3 Å². The Kier molecular flexibility index (Phi) is 6.15. The highest BCUT2D eigenvalue weighted by molar-refractivity contribution is 8.00. The molecule has 2 aromatic carbocycles. The van der Waals surface area contributed by atoms with Gasteiger partial charge in [-0.1, -0.05) is 59.8 Å². The molecule has 146 valence electrons. The van der Waals surface area contributed by atoms with Crippen molar-refractivity contribution in [1.29, 1.82) is 5.26 Å². The van der Waals surface area contributed by atoms with Crippen molar-refractivity contribution in [2.75, 3.05) is 5.32 Å². The Balaban J connectivity index is 1.86. The molecule has 3 rings (SSSR count). The molecule has 0 radical (unpaired) electrons. The molecule has 6 nitrogen and oxygen atoms in total. The molecule has 0 saturated heterocycles. The van der Waals surface area contributed by atoms with Crippen molar-refractivity contribution in [2.24, 2.45) is 0 Å². The molecule has 3 aromatic rings. The molecule has 1 aromatic heterocycles. The van der Waals surface area contributed by atoms with E-state index in [1.54, 1.807) is 6.92 Å². The second-order valence-corrected chi connectivity index (χ2v) is 7.97. The summed E-state index contributed by atoms with van der Waals surface area (Å²) in [5, 5.41) is 12.1. The first-order valence-electron chi connectivity index (χ1n) is 9.03. The van der Waals surface area contributed by atoms with Crippen LogP contribution < -0.4 is 10.9 Å². The largest absolute Gasteiger partial charge is 0.325 e. The Morgan fingerprint density at radius 1 is 1.17 bits per heavy atom. The zero-order valence-corrected chi connectivity index (χ0v) is 17.1. The Bertz CT molecular complexity index is 1150. The number of aryl methyl sites for hydroxylation is 2. The SMILES string of the molecule is Cc1ccc(-c2nc(S[C@@H](C)C(=O)Nc3ccccc3C)[nH]c(=O)c2C#N)cc1. The fourth-order valence-electron chi connectivity index (χ4n) is 2.70. The maximum Gasteiger partial charge on any atom is 0.270 e. The van der Waals surface area contributed by atoms with Crippen molar-refractivity contribution in [2.45, 2.75) is 31.2 Å². The summed E-state index contributed by atoms with van der Waals surface area (Å²) in [7, 11) is 0. The van der Waals surface area contributed by atoms with E-state index in [-0.39, 0.29) is 16.6 Å². The smallest absolute Gasteiger partial charge is 0.270 e. The monoisotopic (exact) mass is 404 g/mol. The van der Waals surface area contributed by atoms with Crippen molar-refractivity contribution in [3.05, 3.63) is 75.6 Å². The Labute approximate surface area is 173 Å². The summed E-state index contributed by atoms with van der Waals surface area (Å²) in [5.74, 6) is -0.201. The predicted molar refractivity (Wildman–Crippen MR) is 115 cm³/mol. The lowest BCUT2D eigenvalue weighted by Crippen LogP contribution is -2.24. The number of para-hydroxylation sites is 1. The number of nitriles is 1. The summed E-state index contributed by atoms with van der Waals surface area (Å²) in [6, 6.07) is 16.9. The number of hydrogen-bond acceptors (Lipinski definition) is 5. The molecule has 0 aliphatic heterocycles. The summed E-state index contributed by atoms with van der Waals surface area (Å²) in [6.45, 7) is 5.61. The van der Waals surface area contributed by atoms with Crippen LogP contribution in [-0.2, 0) is 4.79 Å². The number of benzene rings is 2. The highest BCUT2D eigenvalue weighted by atomic mass is 32.2. The minimum Gasteiger partial charge on any atom is -0.325 e. The molecule has 0 unspecified atom stereocenters. The lowest BCUT2D eigenvalue weighted by molar-refractivity contribution is -0.115. The van der Waals surface area contributed by atoms with Gasteiger partial charge in [0, 0.05) is 11.3 Å². The molecular formula is C22H20N4O2S. The molecular weight excluding hydrogens is 384 g/mol. The maximum atomic E-state index is 12.6. The second kappa shape index (κ2) is 8.76. The van der Waals surface area contributed by atoms with Gasteiger partial charge in [0.2, 0.25) is 5.91 Å². The van der Waals surface area contributed by atoms with Crippen molar-refractivity contribution in [3.8, 4) is 17.3 Å². The van der Waals surface area contributed by atoms with E-state index in [2.05, 4.69) is 15.3 Å². The number of hydrogen-bond donors (Lipinski definition) is 2. The summed E-state index contributed by atoms with van der Waals surface area (Å²) >= 11 is 1.13. The number of rotatable bonds is 5. The quantitative estimate of drug-likeness (QED) is 0.494. The standard InChI is InChI=1S/C22H20N4O2S/c1-13-8-10-16(11-9-13)19-17(12-23)21(28)26-22(25-19)29-15(3)20(27)24-18-7-5-4-6-14(18)2/h4-11,15H,1-3H3,(H,24,27)(H,25,26,28)/t15-/m0/s1. The number of nitrogens with one attached hydrogen (secondary N) is 2. The van der Waals surface area contributed by atoms with Crippen LogP contribution in [0.1, 0.15) is 23.6 Å². The Hall–Kier alpha value is -3.37. The van der Waals surface area contributed by atoms with Crippen LogP contribution in [0.2, 0.25) is 0 Å². The van der Waals surface area contributed by atoms with E-state index in [9.17, 15) is 14.9 Å². The number of aromatic amines is 1. The first-order chi connectivity index (χ1) is 13.9. The van der Waals surface area contributed by atoms with E-state index >= 15 is 0 Å². The van der Waals surface area contributed by atoms with Gasteiger partial charge in [-0.3, -0.25) is 9.59 Å². The topological polar surface area (TPSA) is 98.6 Å². The van der Waals surface area contributed by atoms with Gasteiger partial charge in [-0.2, -0.15) is 5.26 Å². The van der Waals surface area contributed by atoms with Crippen LogP contribution in [0.4, 0.5) is 5.69 Å². The lowest BCUT2D eigenvalue weighted by Gasteiger charge is -2.13. The van der Waals surface area contributed by atoms with Crippen molar-refractivity contribution in [3.63, 3.8) is 0 Å². The highest BCUT2D eigenvalue weighted by Crippen LogP contribution is 2.25. The third-order valence-electron chi connectivity index (χ3n) is 4.40. The van der Waals surface area contributed by atoms with E-state index in [4.69, 9.17) is 0 Å². The average Bonchev–Trinajstić information content (AvgIpc) is 2.70. The molecule has 7 heteroatoms. The number of thioether (sulfide) groups is 1. The lowest BCUT2D eigenvalue weighted by atomic mass is 10.1. The van der Waals surface area contributed by atoms with Gasteiger partial charge in [0.15, 0.2) is 5.16 Å². The number of anilines is 1. The minimum atomic E-state index is -0.521. The summed E-state index contributed by atoms with van der Waals surface area (Å²) in [4.78, 5) is 32.0. The molecule has 1 amide bonds. The first-order valence-corrected chi connectivity index (χ1v) is 9.91. The average molecular weight is 404 g/mol. The van der Waals surface area contributed by atoms with Gasteiger partial charge in [0.25, 0.3) is 5.56 Å². The van der Waals surface area contributed by atoms with Gasteiger partial charge >= 0.3 is 0 Å². The van der Waals surface area contributed by atoms with Gasteiger partial charge in [0.05, 0.1) is 10.9 Å². The van der Waals surface area contributed by atoms with E-state index < -0.39 is 10.8 Å². The molecule has 29 heavy (non-hydrogen) atoms. The van der Waals surface area contributed by atoms with Crippen LogP contribution in [0.5, 0.6) is 0 Å². The highest BCUT2D eigenvalue weighted by Gasteiger charge is 2.19. The third-order valence-corrected chi connectivity index (χ3v) is 5.38. The van der Waals surface area contributed by atoms with E-state index in [0.29, 0.717) is 11.3 Å². The molecule has 2 N–H and O–H groups in total. The third kappa shape index (κ3) is 4.73. The molecule has 0 saturated carbocycles. The zero-order chi connectivity index (χ0) is 21.0. The maximum absolute atomic E-state index is 12.6. The van der Waals surface area contributed by atoms with Gasteiger partial charge < -0.3 is 10.3 Å². The second-order valence-electron chi connectivity index (χ2n) is 6.64. The summed E-state index contributed by atoms with van der Waals surface area (Å²) < 4.78 is 0. The number of carbonyl (C=O) groups is 1. The fraction of sp³-hybridized carbons (Fsp3) is 0.182. The van der Waals surface area contributed by atoms with Gasteiger partial charge in [-0.25, -0.2) is 4.98 Å². The zero-order valence-electron chi connectivity index (χ0n) is 16.3. The van der Waals surface area contributed by atoms with E-state index in [1.165, 1.54) is 0 Å².